The maximum atomic E-state index is 13.5. The van der Waals surface area contributed by atoms with Gasteiger partial charge in [-0.05, 0) is 18.6 Å². The van der Waals surface area contributed by atoms with E-state index in [9.17, 15) is 17.2 Å². The Bertz CT molecular complexity index is 510. The lowest BCUT2D eigenvalue weighted by Crippen LogP contribution is -2.14. The molecule has 0 fully saturated rings. The first kappa shape index (κ1) is 15.8. The number of sulfonamides is 1. The molecule has 1 rings (SSSR count). The van der Waals surface area contributed by atoms with E-state index in [1.54, 1.807) is 0 Å². The van der Waals surface area contributed by atoms with Crippen LogP contribution in [0.5, 0.6) is 5.75 Å². The van der Waals surface area contributed by atoms with E-state index in [0.29, 0.717) is 18.7 Å². The van der Waals surface area contributed by atoms with Gasteiger partial charge in [0, 0.05) is 6.61 Å². The summed E-state index contributed by atoms with van der Waals surface area (Å²) in [4.78, 5) is -0.642. The van der Waals surface area contributed by atoms with Crippen molar-refractivity contribution in [2.45, 2.75) is 18.2 Å². The van der Waals surface area contributed by atoms with Crippen LogP contribution in [0.15, 0.2) is 17.0 Å². The van der Waals surface area contributed by atoms with Gasteiger partial charge in [-0.1, -0.05) is 6.92 Å². The van der Waals surface area contributed by atoms with Crippen LogP contribution in [0.4, 0.5) is 8.78 Å². The zero-order valence-corrected chi connectivity index (χ0v) is 11.2. The molecule has 108 valence electrons. The van der Waals surface area contributed by atoms with Crippen LogP contribution >= 0.6 is 0 Å². The molecule has 1 aromatic rings. The molecule has 0 heterocycles. The van der Waals surface area contributed by atoms with Crippen LogP contribution in [0, 0.1) is 11.6 Å². The SMILES string of the molecule is CCCOCCOc1c(F)cc(S(N)(=O)=O)cc1F. The third kappa shape index (κ3) is 4.73. The van der Waals surface area contributed by atoms with Gasteiger partial charge >= 0.3 is 0 Å². The number of halogens is 2. The predicted molar refractivity (Wildman–Crippen MR) is 64.3 cm³/mol. The van der Waals surface area contributed by atoms with Crippen molar-refractivity contribution in [3.8, 4) is 5.75 Å². The summed E-state index contributed by atoms with van der Waals surface area (Å²) in [6.07, 6.45) is 0.825. The summed E-state index contributed by atoms with van der Waals surface area (Å²) < 4.78 is 58.9. The molecule has 0 spiro atoms. The van der Waals surface area contributed by atoms with Crippen molar-refractivity contribution in [2.75, 3.05) is 19.8 Å². The first-order valence-electron chi connectivity index (χ1n) is 5.58. The second-order valence-electron chi connectivity index (χ2n) is 3.72. The Hall–Kier alpha value is -1.25. The van der Waals surface area contributed by atoms with Crippen molar-refractivity contribution >= 4 is 10.0 Å². The van der Waals surface area contributed by atoms with E-state index in [0.717, 1.165) is 6.42 Å². The van der Waals surface area contributed by atoms with E-state index in [-0.39, 0.29) is 13.2 Å². The molecule has 19 heavy (non-hydrogen) atoms. The van der Waals surface area contributed by atoms with E-state index < -0.39 is 32.3 Å². The van der Waals surface area contributed by atoms with Gasteiger partial charge in [-0.2, -0.15) is 0 Å². The molecule has 0 saturated heterocycles. The average Bonchev–Trinajstić information content (AvgIpc) is 2.30. The molecule has 2 N–H and O–H groups in total. The molecular weight excluding hydrogens is 280 g/mol. The minimum absolute atomic E-state index is 0.0391. The zero-order chi connectivity index (χ0) is 14.5. The van der Waals surface area contributed by atoms with E-state index in [4.69, 9.17) is 14.6 Å². The summed E-state index contributed by atoms with van der Waals surface area (Å²) in [7, 11) is -4.16. The fourth-order valence-electron chi connectivity index (χ4n) is 1.29. The molecule has 0 saturated carbocycles. The third-order valence-corrected chi connectivity index (χ3v) is 3.02. The van der Waals surface area contributed by atoms with Crippen LogP contribution in [-0.4, -0.2) is 28.2 Å². The molecule has 0 aliphatic carbocycles. The van der Waals surface area contributed by atoms with Crippen LogP contribution < -0.4 is 9.88 Å². The summed E-state index contributed by atoms with van der Waals surface area (Å²) >= 11 is 0. The molecule has 0 aromatic heterocycles. The Balaban J connectivity index is 2.75. The van der Waals surface area contributed by atoms with E-state index in [1.807, 2.05) is 6.92 Å². The van der Waals surface area contributed by atoms with Crippen molar-refractivity contribution in [1.29, 1.82) is 0 Å². The van der Waals surface area contributed by atoms with Gasteiger partial charge in [0.1, 0.15) is 6.61 Å². The molecule has 0 atom stereocenters. The quantitative estimate of drug-likeness (QED) is 0.772. The molecule has 0 amide bonds. The maximum Gasteiger partial charge on any atom is 0.238 e. The summed E-state index contributed by atoms with van der Waals surface area (Å²) in [6.45, 7) is 2.59. The number of ether oxygens (including phenoxy) is 2. The van der Waals surface area contributed by atoms with Gasteiger partial charge < -0.3 is 9.47 Å². The largest absolute Gasteiger partial charge is 0.485 e. The molecule has 0 unspecified atom stereocenters. The fourth-order valence-corrected chi connectivity index (χ4v) is 1.82. The van der Waals surface area contributed by atoms with E-state index in [1.165, 1.54) is 0 Å². The van der Waals surface area contributed by atoms with Crippen molar-refractivity contribution in [2.24, 2.45) is 5.14 Å². The third-order valence-electron chi connectivity index (χ3n) is 2.12. The number of rotatable bonds is 7. The molecule has 8 heteroatoms. The van der Waals surface area contributed by atoms with Crippen molar-refractivity contribution in [1.82, 2.24) is 0 Å². The number of benzene rings is 1. The fraction of sp³-hybridized carbons (Fsp3) is 0.455. The Morgan fingerprint density at radius 2 is 1.74 bits per heavy atom. The predicted octanol–water partition coefficient (Wildman–Crippen LogP) is 1.42. The summed E-state index contributed by atoms with van der Waals surface area (Å²) in [6, 6.07) is 1.22. The van der Waals surface area contributed by atoms with Gasteiger partial charge in [-0.15, -0.1) is 0 Å². The summed E-state index contributed by atoms with van der Waals surface area (Å²) in [5.74, 6) is -2.90. The Kier molecular flexibility index (Phi) is 5.64. The van der Waals surface area contributed by atoms with Crippen LogP contribution in [0.3, 0.4) is 0 Å². The molecular formula is C11H15F2NO4S. The summed E-state index contributed by atoms with van der Waals surface area (Å²) in [5.41, 5.74) is 0. The highest BCUT2D eigenvalue weighted by atomic mass is 32.2. The monoisotopic (exact) mass is 295 g/mol. The molecule has 0 aliphatic heterocycles. The van der Waals surface area contributed by atoms with Crippen molar-refractivity contribution in [3.05, 3.63) is 23.8 Å². The molecule has 0 aliphatic rings. The molecule has 5 nitrogen and oxygen atoms in total. The lowest BCUT2D eigenvalue weighted by Gasteiger charge is -2.09. The normalized spacial score (nSPS) is 11.6. The maximum absolute atomic E-state index is 13.5. The second-order valence-corrected chi connectivity index (χ2v) is 5.28. The first-order valence-corrected chi connectivity index (χ1v) is 7.13. The highest BCUT2D eigenvalue weighted by molar-refractivity contribution is 7.89. The van der Waals surface area contributed by atoms with Crippen LogP contribution in [0.1, 0.15) is 13.3 Å². The first-order chi connectivity index (χ1) is 8.86. The number of hydrogen-bond acceptors (Lipinski definition) is 4. The van der Waals surface area contributed by atoms with Gasteiger partial charge in [0.15, 0.2) is 17.4 Å². The van der Waals surface area contributed by atoms with Gasteiger partial charge in [0.05, 0.1) is 11.5 Å². The Morgan fingerprint density at radius 1 is 1.16 bits per heavy atom. The van der Waals surface area contributed by atoms with Gasteiger partial charge in [0.2, 0.25) is 10.0 Å². The Morgan fingerprint density at radius 3 is 2.21 bits per heavy atom. The van der Waals surface area contributed by atoms with Gasteiger partial charge in [-0.3, -0.25) is 0 Å². The van der Waals surface area contributed by atoms with Crippen LogP contribution in [-0.2, 0) is 14.8 Å². The number of nitrogens with two attached hydrogens (primary N) is 1. The van der Waals surface area contributed by atoms with Gasteiger partial charge in [-0.25, -0.2) is 22.3 Å². The zero-order valence-electron chi connectivity index (χ0n) is 10.4. The topological polar surface area (TPSA) is 78.6 Å². The van der Waals surface area contributed by atoms with E-state index in [2.05, 4.69) is 0 Å². The molecule has 0 radical (unpaired) electrons. The minimum atomic E-state index is -4.16. The smallest absolute Gasteiger partial charge is 0.238 e. The highest BCUT2D eigenvalue weighted by Crippen LogP contribution is 2.24. The number of primary sulfonamides is 1. The molecule has 1 aromatic carbocycles. The van der Waals surface area contributed by atoms with E-state index >= 15 is 0 Å². The Labute approximate surface area is 110 Å². The second kappa shape index (κ2) is 6.78. The lowest BCUT2D eigenvalue weighted by molar-refractivity contribution is 0.0975. The van der Waals surface area contributed by atoms with Crippen LogP contribution in [0.2, 0.25) is 0 Å². The van der Waals surface area contributed by atoms with Crippen molar-refractivity contribution < 1.29 is 26.7 Å². The minimum Gasteiger partial charge on any atom is -0.485 e. The van der Waals surface area contributed by atoms with Crippen molar-refractivity contribution in [3.63, 3.8) is 0 Å². The van der Waals surface area contributed by atoms with Crippen LogP contribution in [0.25, 0.3) is 0 Å². The van der Waals surface area contributed by atoms with Gasteiger partial charge in [0.25, 0.3) is 0 Å². The average molecular weight is 295 g/mol. The molecule has 0 bridgehead atoms. The lowest BCUT2D eigenvalue weighted by atomic mass is 10.3. The standard InChI is InChI=1S/C11H15F2NO4S/c1-2-3-17-4-5-18-11-9(12)6-8(7-10(11)13)19(14,15)16/h6-7H,2-5H2,1H3,(H2,14,15,16). The number of hydrogen-bond donors (Lipinski definition) is 1. The summed E-state index contributed by atoms with van der Waals surface area (Å²) in [5, 5.41) is 4.78. The highest BCUT2D eigenvalue weighted by Gasteiger charge is 2.17.